The van der Waals surface area contributed by atoms with Crippen molar-refractivity contribution in [3.05, 3.63) is 68.7 Å². The second-order valence-corrected chi connectivity index (χ2v) is 8.58. The Hall–Kier alpha value is -2.54. The summed E-state index contributed by atoms with van der Waals surface area (Å²) in [6, 6.07) is 9.53. The Kier molecular flexibility index (Phi) is 7.49. The molecule has 2 aromatic carbocycles. The highest BCUT2D eigenvalue weighted by Crippen LogP contribution is 2.43. The lowest BCUT2D eigenvalue weighted by Crippen LogP contribution is -2.33. The van der Waals surface area contributed by atoms with Crippen LogP contribution in [0.3, 0.4) is 0 Å². The van der Waals surface area contributed by atoms with E-state index in [1.54, 1.807) is 0 Å². The average Bonchev–Trinajstić information content (AvgIpc) is 2.97. The molecule has 3 rings (SSSR count). The van der Waals surface area contributed by atoms with Crippen LogP contribution in [0, 0.1) is 6.92 Å². The fourth-order valence-corrected chi connectivity index (χ4v) is 4.37. The molecule has 1 fully saturated rings. The van der Waals surface area contributed by atoms with Crippen molar-refractivity contribution in [2.75, 3.05) is 20.3 Å². The molecule has 0 spiro atoms. The van der Waals surface area contributed by atoms with Crippen LogP contribution in [0.1, 0.15) is 36.6 Å². The van der Waals surface area contributed by atoms with Crippen molar-refractivity contribution in [1.82, 2.24) is 4.90 Å². The van der Waals surface area contributed by atoms with Gasteiger partial charge in [0, 0.05) is 11.6 Å². The molecule has 2 aromatic rings. The van der Waals surface area contributed by atoms with Crippen LogP contribution in [0.15, 0.2) is 42.0 Å². The molecule has 6 nitrogen and oxygen atoms in total. The molecule has 1 amide bonds. The zero-order valence-electron chi connectivity index (χ0n) is 18.3. The van der Waals surface area contributed by atoms with Crippen LogP contribution < -0.4 is 4.74 Å². The summed E-state index contributed by atoms with van der Waals surface area (Å²) in [5.41, 5.74) is 1.69. The predicted molar refractivity (Wildman–Crippen MR) is 124 cm³/mol. The molecule has 8 heteroatoms. The van der Waals surface area contributed by atoms with Gasteiger partial charge in [0.25, 0.3) is 11.7 Å². The zero-order chi connectivity index (χ0) is 23.6. The third kappa shape index (κ3) is 4.63. The van der Waals surface area contributed by atoms with Gasteiger partial charge in [0.1, 0.15) is 11.5 Å². The lowest BCUT2D eigenvalue weighted by Gasteiger charge is -2.27. The van der Waals surface area contributed by atoms with Crippen LogP contribution in [0.25, 0.3) is 5.76 Å². The molecule has 0 aromatic heterocycles. The number of methoxy groups -OCH3 is 1. The number of benzene rings is 2. The van der Waals surface area contributed by atoms with Gasteiger partial charge >= 0.3 is 0 Å². The minimum atomic E-state index is -0.797. The van der Waals surface area contributed by atoms with E-state index in [1.807, 2.05) is 45.0 Å². The number of likely N-dealkylation sites (tertiary alicyclic amines) is 1. The van der Waals surface area contributed by atoms with E-state index in [0.29, 0.717) is 0 Å². The summed E-state index contributed by atoms with van der Waals surface area (Å²) in [7, 11) is 1.40. The highest BCUT2D eigenvalue weighted by atomic mass is 35.5. The highest BCUT2D eigenvalue weighted by molar-refractivity contribution is 6.46. The van der Waals surface area contributed by atoms with Crippen LogP contribution in [0.5, 0.6) is 5.75 Å². The number of halogens is 2. The van der Waals surface area contributed by atoms with Gasteiger partial charge < -0.3 is 19.5 Å². The van der Waals surface area contributed by atoms with Gasteiger partial charge in [-0.05, 0) is 44.0 Å². The largest absolute Gasteiger partial charge is 0.507 e. The van der Waals surface area contributed by atoms with Gasteiger partial charge in [0.05, 0.1) is 42.0 Å². The van der Waals surface area contributed by atoms with Crippen LogP contribution in [0.4, 0.5) is 0 Å². The molecule has 1 atom stereocenters. The number of aliphatic hydroxyl groups excluding tert-OH is 1. The van der Waals surface area contributed by atoms with Gasteiger partial charge in [-0.3, -0.25) is 9.59 Å². The number of rotatable bonds is 7. The third-order valence-electron chi connectivity index (χ3n) is 5.27. The second-order valence-electron chi connectivity index (χ2n) is 7.74. The number of carbonyl (C=O) groups excluding carboxylic acids is 2. The quantitative estimate of drug-likeness (QED) is 0.338. The molecule has 0 aliphatic carbocycles. The van der Waals surface area contributed by atoms with Crippen LogP contribution >= 0.6 is 23.2 Å². The first-order chi connectivity index (χ1) is 15.2. The number of aryl methyl sites for hydroxylation is 1. The maximum Gasteiger partial charge on any atom is 0.295 e. The SMILES string of the molecule is COc1c(Cl)cc(Cl)cc1/C(O)=C1\C(=O)C(=O)N(CCOC(C)C)C1c1ccccc1C. The molecule has 1 N–H and O–H groups in total. The lowest BCUT2D eigenvalue weighted by molar-refractivity contribution is -0.140. The number of carbonyl (C=O) groups is 2. The van der Waals surface area contributed by atoms with Crippen molar-refractivity contribution in [3.8, 4) is 5.75 Å². The smallest absolute Gasteiger partial charge is 0.295 e. The summed E-state index contributed by atoms with van der Waals surface area (Å²) in [6.45, 7) is 6.10. The number of aliphatic hydroxyl groups is 1. The fraction of sp³-hybridized carbons (Fsp3) is 0.333. The molecular weight excluding hydrogens is 453 g/mol. The van der Waals surface area contributed by atoms with E-state index in [4.69, 9.17) is 32.7 Å². The number of hydrogen-bond donors (Lipinski definition) is 1. The summed E-state index contributed by atoms with van der Waals surface area (Å²) in [4.78, 5) is 27.6. The number of nitrogens with zero attached hydrogens (tertiary/aromatic N) is 1. The maximum absolute atomic E-state index is 13.1. The van der Waals surface area contributed by atoms with Crippen LogP contribution in [0.2, 0.25) is 10.0 Å². The Labute approximate surface area is 197 Å². The Morgan fingerprint density at radius 2 is 1.88 bits per heavy atom. The van der Waals surface area contributed by atoms with E-state index in [2.05, 4.69) is 0 Å². The third-order valence-corrected chi connectivity index (χ3v) is 5.77. The topological polar surface area (TPSA) is 76.1 Å². The summed E-state index contributed by atoms with van der Waals surface area (Å²) >= 11 is 12.4. The number of hydrogen-bond acceptors (Lipinski definition) is 5. The Balaban J connectivity index is 2.21. The minimum Gasteiger partial charge on any atom is -0.507 e. The molecule has 0 bridgehead atoms. The number of amides is 1. The molecular formula is C24H25Cl2NO5. The monoisotopic (exact) mass is 477 g/mol. The van der Waals surface area contributed by atoms with Crippen molar-refractivity contribution in [2.24, 2.45) is 0 Å². The van der Waals surface area contributed by atoms with Crippen molar-refractivity contribution < 1.29 is 24.2 Å². The number of Topliss-reactive ketones (excluding diaryl/α,β-unsaturated/α-hetero) is 1. The molecule has 1 unspecified atom stereocenters. The standard InChI is InChI=1S/C24H25Cl2NO5/c1-13(2)32-10-9-27-20(16-8-6-5-7-14(16)3)19(22(29)24(27)30)21(28)17-11-15(25)12-18(26)23(17)31-4/h5-8,11-13,20,28H,9-10H2,1-4H3/b21-19+. The van der Waals surface area contributed by atoms with Gasteiger partial charge in [-0.2, -0.15) is 0 Å². The van der Waals surface area contributed by atoms with Crippen LogP contribution in [-0.4, -0.2) is 48.1 Å². The molecule has 32 heavy (non-hydrogen) atoms. The van der Waals surface area contributed by atoms with Gasteiger partial charge in [-0.15, -0.1) is 0 Å². The van der Waals surface area contributed by atoms with Gasteiger partial charge in [0.2, 0.25) is 0 Å². The molecule has 0 radical (unpaired) electrons. The lowest BCUT2D eigenvalue weighted by atomic mass is 9.92. The number of ether oxygens (including phenoxy) is 2. The van der Waals surface area contributed by atoms with E-state index in [0.717, 1.165) is 11.1 Å². The van der Waals surface area contributed by atoms with E-state index < -0.39 is 23.5 Å². The Bertz CT molecular complexity index is 1080. The van der Waals surface area contributed by atoms with Gasteiger partial charge in [0.15, 0.2) is 0 Å². The zero-order valence-corrected chi connectivity index (χ0v) is 19.8. The van der Waals surface area contributed by atoms with E-state index >= 15 is 0 Å². The first kappa shape index (κ1) is 24.1. The first-order valence-electron chi connectivity index (χ1n) is 10.2. The fourth-order valence-electron chi connectivity index (χ4n) is 3.80. The Morgan fingerprint density at radius 3 is 2.50 bits per heavy atom. The first-order valence-corrected chi connectivity index (χ1v) is 10.9. The van der Waals surface area contributed by atoms with Gasteiger partial charge in [-0.25, -0.2) is 0 Å². The maximum atomic E-state index is 13.1. The molecule has 1 heterocycles. The van der Waals surface area contributed by atoms with Crippen LogP contribution in [-0.2, 0) is 14.3 Å². The van der Waals surface area contributed by atoms with E-state index in [9.17, 15) is 14.7 Å². The van der Waals surface area contributed by atoms with Crippen molar-refractivity contribution >= 4 is 40.7 Å². The number of ketones is 1. The molecule has 1 aliphatic heterocycles. The molecule has 1 saturated heterocycles. The van der Waals surface area contributed by atoms with E-state index in [1.165, 1.54) is 24.1 Å². The van der Waals surface area contributed by atoms with Crippen molar-refractivity contribution in [3.63, 3.8) is 0 Å². The normalized spacial score (nSPS) is 18.0. The second kappa shape index (κ2) is 9.94. The minimum absolute atomic E-state index is 0.0263. The molecule has 0 saturated carbocycles. The highest BCUT2D eigenvalue weighted by Gasteiger charge is 2.46. The van der Waals surface area contributed by atoms with Crippen molar-refractivity contribution in [1.29, 1.82) is 0 Å². The summed E-state index contributed by atoms with van der Waals surface area (Å²) in [6.07, 6.45) is -0.0263. The average molecular weight is 478 g/mol. The van der Waals surface area contributed by atoms with E-state index in [-0.39, 0.29) is 46.2 Å². The molecule has 170 valence electrons. The summed E-state index contributed by atoms with van der Waals surface area (Å²) in [5.74, 6) is -1.74. The van der Waals surface area contributed by atoms with Gasteiger partial charge in [-0.1, -0.05) is 47.5 Å². The predicted octanol–water partition coefficient (Wildman–Crippen LogP) is 5.16. The summed E-state index contributed by atoms with van der Waals surface area (Å²) < 4.78 is 11.0. The Morgan fingerprint density at radius 1 is 1.19 bits per heavy atom. The summed E-state index contributed by atoms with van der Waals surface area (Å²) in [5, 5.41) is 11.7. The van der Waals surface area contributed by atoms with Crippen molar-refractivity contribution in [2.45, 2.75) is 32.9 Å². The molecule has 1 aliphatic rings.